The first-order valence-corrected chi connectivity index (χ1v) is 13.7. The Balaban J connectivity index is 1.78. The third-order valence-corrected chi connectivity index (χ3v) is 7.02. The normalized spacial score (nSPS) is 15.3. The maximum Gasteiger partial charge on any atom is 0.469 e. The van der Waals surface area contributed by atoms with Crippen LogP contribution in [0.5, 0.6) is 0 Å². The molecule has 0 radical (unpaired) electrons. The number of hydrogen-bond donors (Lipinski definition) is 7. The topological polar surface area (TPSA) is 217 Å². The van der Waals surface area contributed by atoms with Crippen LogP contribution >= 0.6 is 7.82 Å². The van der Waals surface area contributed by atoms with Crippen molar-refractivity contribution in [3.63, 3.8) is 0 Å². The van der Waals surface area contributed by atoms with E-state index in [4.69, 9.17) is 9.79 Å². The van der Waals surface area contributed by atoms with Crippen LogP contribution in [-0.2, 0) is 20.3 Å². The van der Waals surface area contributed by atoms with Crippen molar-refractivity contribution >= 4 is 36.6 Å². The monoisotopic (exact) mass is 576 g/mol. The Morgan fingerprint density at radius 1 is 0.975 bits per heavy atom. The summed E-state index contributed by atoms with van der Waals surface area (Å²) < 4.78 is 15.2. The molecule has 1 aliphatic heterocycles. The predicted molar refractivity (Wildman–Crippen MR) is 144 cm³/mol. The highest BCUT2D eigenvalue weighted by Crippen LogP contribution is 2.46. The average Bonchev–Trinajstić information content (AvgIpc) is 2.88. The highest BCUT2D eigenvalue weighted by atomic mass is 31.2. The maximum absolute atomic E-state index is 13.7. The number of aromatic nitrogens is 2. The molecule has 0 unspecified atom stereocenters. The summed E-state index contributed by atoms with van der Waals surface area (Å²) in [6.07, 6.45) is -5.69. The van der Waals surface area contributed by atoms with Gasteiger partial charge in [0.15, 0.2) is 5.69 Å². The molecule has 0 saturated carbocycles. The van der Waals surface area contributed by atoms with Crippen LogP contribution in [-0.4, -0.2) is 72.4 Å². The van der Waals surface area contributed by atoms with E-state index in [1.54, 1.807) is 49.4 Å². The fourth-order valence-corrected chi connectivity index (χ4v) is 4.76. The molecule has 0 saturated heterocycles. The van der Waals surface area contributed by atoms with Crippen molar-refractivity contribution in [1.82, 2.24) is 9.97 Å². The van der Waals surface area contributed by atoms with Gasteiger partial charge in [-0.1, -0.05) is 30.3 Å². The van der Waals surface area contributed by atoms with Crippen LogP contribution in [0.4, 0.5) is 22.9 Å². The van der Waals surface area contributed by atoms with Crippen LogP contribution in [0.3, 0.4) is 0 Å². The first-order valence-electron chi connectivity index (χ1n) is 12.1. The summed E-state index contributed by atoms with van der Waals surface area (Å²) in [5.41, 5.74) is 0.856. The fraction of sp³-hybridized carbons (Fsp3) is 0.320. The lowest BCUT2D eigenvalue weighted by Gasteiger charge is -2.39. The first-order chi connectivity index (χ1) is 18.8. The third kappa shape index (κ3) is 6.24. The zero-order chi connectivity index (χ0) is 29.4. The number of carbonyl (C=O) groups is 1. The number of aliphatic hydroxyl groups is 3. The molecule has 4 rings (SSSR count). The summed E-state index contributed by atoms with van der Waals surface area (Å²) in [4.78, 5) is 64.0. The van der Waals surface area contributed by atoms with E-state index < -0.39 is 56.4 Å². The molecule has 15 heteroatoms. The number of anilines is 4. The number of H-pyrrole nitrogens is 2. The predicted octanol–water partition coefficient (Wildman–Crippen LogP) is 0.231. The van der Waals surface area contributed by atoms with Gasteiger partial charge >= 0.3 is 13.5 Å². The summed E-state index contributed by atoms with van der Waals surface area (Å²) in [6, 6.07) is 12.2. The quantitative estimate of drug-likeness (QED) is 0.171. The number of aromatic amines is 2. The number of phosphoric acid groups is 1. The van der Waals surface area contributed by atoms with Gasteiger partial charge in [-0.2, -0.15) is 0 Å². The maximum atomic E-state index is 13.7. The van der Waals surface area contributed by atoms with E-state index in [1.807, 2.05) is 6.92 Å². The van der Waals surface area contributed by atoms with Crippen molar-refractivity contribution in [2.24, 2.45) is 0 Å². The number of nitrogens with one attached hydrogen (secondary N) is 2. The van der Waals surface area contributed by atoms with Crippen LogP contribution in [0.1, 0.15) is 16.7 Å². The van der Waals surface area contributed by atoms with Gasteiger partial charge in [0.1, 0.15) is 24.1 Å². The molecular formula is C25H29N4O10P. The van der Waals surface area contributed by atoms with Gasteiger partial charge in [0, 0.05) is 0 Å². The fourth-order valence-electron chi connectivity index (χ4n) is 4.41. The second-order valence-corrected chi connectivity index (χ2v) is 10.7. The van der Waals surface area contributed by atoms with Crippen molar-refractivity contribution < 1.29 is 39.0 Å². The molecule has 1 aliphatic rings. The van der Waals surface area contributed by atoms with Crippen molar-refractivity contribution in [2.75, 3.05) is 23.0 Å². The van der Waals surface area contributed by atoms with E-state index in [9.17, 15) is 34.3 Å². The minimum Gasteiger partial charge on any atom is -0.388 e. The van der Waals surface area contributed by atoms with Crippen LogP contribution in [0.25, 0.3) is 0 Å². The molecule has 1 amide bonds. The van der Waals surface area contributed by atoms with Gasteiger partial charge < -0.3 is 30.0 Å². The second kappa shape index (κ2) is 11.5. The van der Waals surface area contributed by atoms with Gasteiger partial charge in [0.25, 0.3) is 5.56 Å². The third-order valence-electron chi connectivity index (χ3n) is 6.53. The lowest BCUT2D eigenvalue weighted by molar-refractivity contribution is -0.117. The molecule has 0 bridgehead atoms. The number of rotatable bonds is 9. The Kier molecular flexibility index (Phi) is 8.42. The first kappa shape index (κ1) is 29.4. The van der Waals surface area contributed by atoms with Gasteiger partial charge in [-0.25, -0.2) is 9.36 Å². The zero-order valence-corrected chi connectivity index (χ0v) is 22.4. The number of amides is 1. The molecule has 0 aliphatic carbocycles. The van der Waals surface area contributed by atoms with E-state index >= 15 is 0 Å². The van der Waals surface area contributed by atoms with E-state index in [1.165, 1.54) is 9.80 Å². The van der Waals surface area contributed by atoms with Crippen molar-refractivity contribution in [2.45, 2.75) is 38.6 Å². The number of nitrogens with zero attached hydrogens (tertiary/aromatic N) is 2. The average molecular weight is 576 g/mol. The Bertz CT molecular complexity index is 1570. The number of phosphoric ester groups is 1. The van der Waals surface area contributed by atoms with E-state index in [0.29, 0.717) is 11.3 Å². The van der Waals surface area contributed by atoms with Gasteiger partial charge in [0.05, 0.1) is 30.9 Å². The summed E-state index contributed by atoms with van der Waals surface area (Å²) >= 11 is 0. The van der Waals surface area contributed by atoms with Gasteiger partial charge in [-0.05, 0) is 42.7 Å². The van der Waals surface area contributed by atoms with Gasteiger partial charge in [-0.15, -0.1) is 0 Å². The van der Waals surface area contributed by atoms with Gasteiger partial charge in [-0.3, -0.25) is 29.0 Å². The molecule has 0 fully saturated rings. The van der Waals surface area contributed by atoms with E-state index in [-0.39, 0.29) is 23.6 Å². The number of β-amino-alcohol motifs (C(OH)–C–C–N with tert-alkyl or cyclic N) is 1. The molecule has 0 spiro atoms. The Hall–Kier alpha value is -3.62. The van der Waals surface area contributed by atoms with E-state index in [2.05, 4.69) is 14.5 Å². The zero-order valence-electron chi connectivity index (χ0n) is 21.5. The molecule has 2 aromatic carbocycles. The molecule has 214 valence electrons. The lowest BCUT2D eigenvalue weighted by atomic mass is 10.0. The number of fused-ring (bicyclic) bond motifs is 2. The molecule has 3 aromatic rings. The number of hydrogen-bond acceptors (Lipinski definition) is 9. The Morgan fingerprint density at radius 3 is 2.23 bits per heavy atom. The largest absolute Gasteiger partial charge is 0.469 e. The van der Waals surface area contributed by atoms with Crippen LogP contribution in [0.15, 0.2) is 52.1 Å². The van der Waals surface area contributed by atoms with E-state index in [0.717, 1.165) is 11.1 Å². The van der Waals surface area contributed by atoms with Crippen molar-refractivity contribution in [3.05, 3.63) is 80.0 Å². The minimum atomic E-state index is -4.95. The van der Waals surface area contributed by atoms with Crippen molar-refractivity contribution in [3.8, 4) is 0 Å². The standard InChI is InChI=1S/C25H29N4O10P/c1-13-8-16-17(9-14(13)2)29(20(32)10-15-6-4-3-5-7-15)21-23(26-25(35)27-24(21)34)28(16)11-18(30)22(33)19(31)12-39-40(36,37)38/h3-9,18-19,22,30-31,33H,10-12H2,1-2H3,(H2,36,37,38)(H2,26,27,34,35)/t18-,19+,22-/m0/s1. The van der Waals surface area contributed by atoms with Crippen LogP contribution in [0, 0.1) is 13.8 Å². The SMILES string of the molecule is Cc1cc2c(cc1C)N(C(=O)Cc1ccccc1)c1c([nH]c(=O)[nH]c1=O)N2C[C@H](O)[C@H](O)[C@H](O)COP(=O)(O)O. The summed E-state index contributed by atoms with van der Waals surface area (Å²) in [5, 5.41) is 31.4. The molecule has 14 nitrogen and oxygen atoms in total. The Labute approximate surface area is 227 Å². The summed E-state index contributed by atoms with van der Waals surface area (Å²) in [5.74, 6) is -0.613. The summed E-state index contributed by atoms with van der Waals surface area (Å²) in [7, 11) is -4.95. The van der Waals surface area contributed by atoms with Crippen molar-refractivity contribution in [1.29, 1.82) is 0 Å². The number of aryl methyl sites for hydroxylation is 2. The summed E-state index contributed by atoms with van der Waals surface area (Å²) in [6.45, 7) is 2.12. The molecule has 2 heterocycles. The van der Waals surface area contributed by atoms with Crippen LogP contribution in [0.2, 0.25) is 0 Å². The highest BCUT2D eigenvalue weighted by molar-refractivity contribution is 7.46. The highest BCUT2D eigenvalue weighted by Gasteiger charge is 2.38. The molecule has 40 heavy (non-hydrogen) atoms. The molecule has 3 atom stereocenters. The molecular weight excluding hydrogens is 547 g/mol. The number of aliphatic hydroxyl groups excluding tert-OH is 3. The number of carbonyl (C=O) groups excluding carboxylic acids is 1. The second-order valence-electron chi connectivity index (χ2n) is 9.44. The smallest absolute Gasteiger partial charge is 0.388 e. The number of benzene rings is 2. The molecule has 7 N–H and O–H groups in total. The van der Waals surface area contributed by atoms with Crippen LogP contribution < -0.4 is 21.0 Å². The lowest BCUT2D eigenvalue weighted by Crippen LogP contribution is -2.48. The van der Waals surface area contributed by atoms with Gasteiger partial charge in [0.2, 0.25) is 5.91 Å². The minimum absolute atomic E-state index is 0.0711. The Morgan fingerprint density at radius 2 is 1.60 bits per heavy atom. The molecule has 1 aromatic heterocycles.